The van der Waals surface area contributed by atoms with Crippen LogP contribution in [0, 0.1) is 0 Å². The maximum atomic E-state index is 13.7. The third kappa shape index (κ3) is 7.82. The zero-order valence-electron chi connectivity index (χ0n) is 27.7. The number of carbonyl (C=O) groups excluding carboxylic acids is 2. The summed E-state index contributed by atoms with van der Waals surface area (Å²) in [6.07, 6.45) is 6.92. The Balaban J connectivity index is 1.24. The third-order valence-electron chi connectivity index (χ3n) is 8.98. The van der Waals surface area contributed by atoms with E-state index in [1.165, 1.54) is 36.6 Å². The molecule has 46 heavy (non-hydrogen) atoms. The normalized spacial score (nSPS) is 15.1. The minimum atomic E-state index is -0.412. The fourth-order valence-corrected chi connectivity index (χ4v) is 6.27. The van der Waals surface area contributed by atoms with Gasteiger partial charge in [-0.25, -0.2) is 4.79 Å². The van der Waals surface area contributed by atoms with Crippen molar-refractivity contribution in [2.75, 3.05) is 43.3 Å². The van der Waals surface area contributed by atoms with Crippen molar-refractivity contribution in [3.63, 3.8) is 0 Å². The van der Waals surface area contributed by atoms with Gasteiger partial charge in [-0.1, -0.05) is 45.4 Å². The molecule has 0 N–H and O–H groups in total. The number of nitrogens with zero attached hydrogens (tertiary/aromatic N) is 4. The van der Waals surface area contributed by atoms with Crippen LogP contribution < -0.4 is 19.5 Å². The van der Waals surface area contributed by atoms with E-state index in [1.54, 1.807) is 11.0 Å². The zero-order chi connectivity index (χ0) is 32.5. The van der Waals surface area contributed by atoms with Crippen LogP contribution in [0.15, 0.2) is 72.8 Å². The molecule has 5 rings (SSSR count). The number of ether oxygens (including phenoxy) is 1. The van der Waals surface area contributed by atoms with Crippen LogP contribution in [0.2, 0.25) is 0 Å². The smallest absolute Gasteiger partial charge is 0.382 e. The number of benzene rings is 3. The quantitative estimate of drug-likeness (QED) is 0.183. The van der Waals surface area contributed by atoms with Crippen molar-refractivity contribution >= 4 is 23.3 Å². The zero-order valence-corrected chi connectivity index (χ0v) is 27.7. The molecular weight excluding hydrogens is 580 g/mol. The molecule has 1 saturated heterocycles. The van der Waals surface area contributed by atoms with E-state index < -0.39 is 6.03 Å². The number of para-hydroxylation sites is 1. The molecule has 3 aromatic carbocycles. The molecular formula is C37H48N4O5. The van der Waals surface area contributed by atoms with Gasteiger partial charge in [-0.3, -0.25) is 9.63 Å². The third-order valence-corrected chi connectivity index (χ3v) is 8.98. The highest BCUT2D eigenvalue weighted by Crippen LogP contribution is 2.34. The van der Waals surface area contributed by atoms with Gasteiger partial charge in [0.1, 0.15) is 11.9 Å². The Morgan fingerprint density at radius 2 is 1.59 bits per heavy atom. The summed E-state index contributed by atoms with van der Waals surface area (Å²) in [6.45, 7) is 10.2. The van der Waals surface area contributed by atoms with Crippen molar-refractivity contribution in [2.24, 2.45) is 0 Å². The molecule has 0 radical (unpaired) electrons. The summed E-state index contributed by atoms with van der Waals surface area (Å²) in [7, 11) is 1.50. The van der Waals surface area contributed by atoms with Gasteiger partial charge >= 0.3 is 6.03 Å². The highest BCUT2D eigenvalue weighted by atomic mass is 16.7. The number of amides is 3. The number of hydrogen-bond donors (Lipinski definition) is 0. The molecule has 9 heteroatoms. The minimum absolute atomic E-state index is 0.0507. The van der Waals surface area contributed by atoms with Gasteiger partial charge in [0.15, 0.2) is 5.75 Å². The Morgan fingerprint density at radius 3 is 2.24 bits per heavy atom. The van der Waals surface area contributed by atoms with E-state index in [9.17, 15) is 9.59 Å². The SMILES string of the molecule is CCCCN1CCC(Oc2ccc(C(=O)N3CCc4cc(ON(C(=O)N(OC)C(CC)CC)c5ccccc5)ccc43)cc2)CC1. The minimum Gasteiger partial charge on any atom is -0.490 e. The van der Waals surface area contributed by atoms with E-state index >= 15 is 0 Å². The number of anilines is 2. The maximum Gasteiger partial charge on any atom is 0.382 e. The van der Waals surface area contributed by atoms with E-state index in [0.29, 0.717) is 30.0 Å². The lowest BCUT2D eigenvalue weighted by molar-refractivity contribution is -0.119. The number of unbranched alkanes of at least 4 members (excludes halogenated alkanes) is 1. The first-order chi connectivity index (χ1) is 22.4. The molecule has 0 atom stereocenters. The standard InChI is InChI=1S/C37H48N4O5/c1-5-8-23-38-24-21-33(22-25-38)45-32-16-14-28(15-17-32)36(42)39-26-20-29-27-34(18-19-35(29)39)46-41(31-12-10-9-11-13-31)37(43)40(44-4)30(6-2)7-3/h9-19,27,30,33H,5-8,20-26H2,1-4H3. The highest BCUT2D eigenvalue weighted by Gasteiger charge is 2.31. The Morgan fingerprint density at radius 1 is 0.891 bits per heavy atom. The summed E-state index contributed by atoms with van der Waals surface area (Å²) >= 11 is 0. The maximum absolute atomic E-state index is 13.7. The summed E-state index contributed by atoms with van der Waals surface area (Å²) in [5.41, 5.74) is 3.04. The van der Waals surface area contributed by atoms with Crippen molar-refractivity contribution in [3.05, 3.63) is 83.9 Å². The predicted molar refractivity (Wildman–Crippen MR) is 181 cm³/mol. The van der Waals surface area contributed by atoms with Crippen LogP contribution in [-0.2, 0) is 11.3 Å². The lowest BCUT2D eigenvalue weighted by Crippen LogP contribution is -2.49. The molecule has 246 valence electrons. The number of urea groups is 1. The van der Waals surface area contributed by atoms with Gasteiger partial charge in [-0.05, 0) is 105 Å². The van der Waals surface area contributed by atoms with Crippen LogP contribution in [0.5, 0.6) is 11.5 Å². The number of likely N-dealkylation sites (tertiary alicyclic amines) is 1. The molecule has 1 fully saturated rings. The van der Waals surface area contributed by atoms with E-state index in [0.717, 1.165) is 55.8 Å². The van der Waals surface area contributed by atoms with E-state index in [4.69, 9.17) is 14.4 Å². The number of hydrogen-bond acceptors (Lipinski definition) is 6. The van der Waals surface area contributed by atoms with Gasteiger partial charge < -0.3 is 19.4 Å². The molecule has 0 aliphatic carbocycles. The van der Waals surface area contributed by atoms with Crippen LogP contribution in [-0.4, -0.2) is 67.3 Å². The Kier molecular flexibility index (Phi) is 11.5. The Labute approximate surface area is 273 Å². The van der Waals surface area contributed by atoms with Crippen LogP contribution >= 0.6 is 0 Å². The van der Waals surface area contributed by atoms with Gasteiger partial charge in [-0.2, -0.15) is 5.06 Å². The molecule has 0 bridgehead atoms. The number of fused-ring (bicyclic) bond motifs is 1. The largest absolute Gasteiger partial charge is 0.490 e. The lowest BCUT2D eigenvalue weighted by atomic mass is 10.1. The number of rotatable bonds is 13. The second-order valence-electron chi connectivity index (χ2n) is 12.0. The summed E-state index contributed by atoms with van der Waals surface area (Å²) < 4.78 is 6.26. The average molecular weight is 629 g/mol. The van der Waals surface area contributed by atoms with E-state index in [-0.39, 0.29) is 18.1 Å². The van der Waals surface area contributed by atoms with Crippen molar-refractivity contribution in [1.29, 1.82) is 0 Å². The van der Waals surface area contributed by atoms with Crippen molar-refractivity contribution in [3.8, 4) is 11.5 Å². The Hall–Kier alpha value is -4.08. The fraction of sp³-hybridized carbons (Fsp3) is 0.459. The van der Waals surface area contributed by atoms with Crippen molar-refractivity contribution in [1.82, 2.24) is 9.96 Å². The van der Waals surface area contributed by atoms with Gasteiger partial charge in [0, 0.05) is 30.9 Å². The van der Waals surface area contributed by atoms with E-state index in [1.807, 2.05) is 80.6 Å². The molecule has 3 amide bonds. The molecule has 9 nitrogen and oxygen atoms in total. The Bertz CT molecular complexity index is 1420. The number of piperidine rings is 1. The van der Waals surface area contributed by atoms with Crippen LogP contribution in [0.1, 0.15) is 75.2 Å². The molecule has 0 spiro atoms. The number of carbonyl (C=O) groups is 2. The summed E-state index contributed by atoms with van der Waals surface area (Å²) in [6, 6.07) is 21.9. The molecule has 0 saturated carbocycles. The molecule has 0 unspecified atom stereocenters. The summed E-state index contributed by atoms with van der Waals surface area (Å²) in [5.74, 6) is 1.26. The summed E-state index contributed by atoms with van der Waals surface area (Å²) in [5, 5.41) is 2.63. The van der Waals surface area contributed by atoms with Gasteiger partial charge in [0.2, 0.25) is 0 Å². The molecule has 2 heterocycles. The first kappa shape index (κ1) is 33.3. The average Bonchev–Trinajstić information content (AvgIpc) is 3.52. The molecule has 3 aromatic rings. The van der Waals surface area contributed by atoms with Gasteiger partial charge in [0.25, 0.3) is 5.91 Å². The monoisotopic (exact) mass is 628 g/mol. The lowest BCUT2D eigenvalue weighted by Gasteiger charge is -2.32. The first-order valence-corrected chi connectivity index (χ1v) is 16.8. The van der Waals surface area contributed by atoms with Gasteiger partial charge in [-0.15, -0.1) is 5.06 Å². The molecule has 2 aliphatic rings. The fourth-order valence-electron chi connectivity index (χ4n) is 6.27. The highest BCUT2D eigenvalue weighted by molar-refractivity contribution is 6.07. The topological polar surface area (TPSA) is 74.8 Å². The van der Waals surface area contributed by atoms with Crippen LogP contribution in [0.3, 0.4) is 0 Å². The van der Waals surface area contributed by atoms with E-state index in [2.05, 4.69) is 11.8 Å². The van der Waals surface area contributed by atoms with Crippen molar-refractivity contribution < 1.29 is 24.0 Å². The second-order valence-corrected chi connectivity index (χ2v) is 12.0. The second kappa shape index (κ2) is 16.0. The summed E-state index contributed by atoms with van der Waals surface area (Å²) in [4.78, 5) is 43.4. The van der Waals surface area contributed by atoms with Crippen molar-refractivity contribution in [2.45, 2.75) is 77.9 Å². The predicted octanol–water partition coefficient (Wildman–Crippen LogP) is 7.51. The molecule has 2 aliphatic heterocycles. The first-order valence-electron chi connectivity index (χ1n) is 16.8. The van der Waals surface area contributed by atoms with Gasteiger partial charge in [0.05, 0.1) is 18.8 Å². The van der Waals surface area contributed by atoms with Crippen LogP contribution in [0.25, 0.3) is 0 Å². The van der Waals surface area contributed by atoms with Crippen LogP contribution in [0.4, 0.5) is 16.2 Å². The number of hydroxylamine groups is 3. The molecule has 0 aromatic heterocycles.